The summed E-state index contributed by atoms with van der Waals surface area (Å²) in [6, 6.07) is 8.71. The van der Waals surface area contributed by atoms with Crippen LogP contribution in [-0.4, -0.2) is 11.1 Å². The van der Waals surface area contributed by atoms with Gasteiger partial charge >= 0.3 is 5.97 Å². The van der Waals surface area contributed by atoms with Gasteiger partial charge in [0.2, 0.25) is 0 Å². The standard InChI is InChI=1S/C17H18O2S2/c1-12-5-13(2)7-15(6-12)9-20-11-16-8-14(10-21-16)3-4-17(18)19/h3-8,10H,9,11H2,1-2H3,(H,18,19)/b4-3+. The quantitative estimate of drug-likeness (QED) is 0.770. The van der Waals surface area contributed by atoms with Crippen molar-refractivity contribution in [3.8, 4) is 0 Å². The van der Waals surface area contributed by atoms with Gasteiger partial charge in [0.05, 0.1) is 0 Å². The monoisotopic (exact) mass is 318 g/mol. The van der Waals surface area contributed by atoms with Crippen molar-refractivity contribution < 1.29 is 9.90 Å². The third-order valence-electron chi connectivity index (χ3n) is 2.89. The van der Waals surface area contributed by atoms with E-state index in [1.54, 1.807) is 17.4 Å². The molecular formula is C17H18O2S2. The van der Waals surface area contributed by atoms with Crippen LogP contribution in [0.1, 0.15) is 27.1 Å². The molecule has 0 radical (unpaired) electrons. The van der Waals surface area contributed by atoms with Gasteiger partial charge in [-0.3, -0.25) is 0 Å². The number of carbonyl (C=O) groups is 1. The molecule has 1 aromatic heterocycles. The van der Waals surface area contributed by atoms with Crippen LogP contribution in [0.4, 0.5) is 0 Å². The average Bonchev–Trinajstić information content (AvgIpc) is 2.83. The zero-order valence-electron chi connectivity index (χ0n) is 12.1. The highest BCUT2D eigenvalue weighted by atomic mass is 32.2. The van der Waals surface area contributed by atoms with Crippen molar-refractivity contribution in [3.63, 3.8) is 0 Å². The molecule has 1 heterocycles. The summed E-state index contributed by atoms with van der Waals surface area (Å²) in [5, 5.41) is 10.6. The molecule has 4 heteroatoms. The Balaban J connectivity index is 1.87. The van der Waals surface area contributed by atoms with E-state index >= 15 is 0 Å². The van der Waals surface area contributed by atoms with E-state index in [9.17, 15) is 4.79 Å². The van der Waals surface area contributed by atoms with E-state index in [1.165, 1.54) is 27.6 Å². The van der Waals surface area contributed by atoms with E-state index in [-0.39, 0.29) is 0 Å². The Labute approximate surface area is 133 Å². The zero-order chi connectivity index (χ0) is 15.2. The maximum Gasteiger partial charge on any atom is 0.328 e. The van der Waals surface area contributed by atoms with Gasteiger partial charge in [-0.1, -0.05) is 29.3 Å². The Kier molecular flexibility index (Phi) is 5.65. The number of rotatable bonds is 6. The molecular weight excluding hydrogens is 300 g/mol. The van der Waals surface area contributed by atoms with Crippen LogP contribution in [0, 0.1) is 13.8 Å². The molecule has 0 spiro atoms. The normalized spacial score (nSPS) is 11.1. The molecule has 2 nitrogen and oxygen atoms in total. The van der Waals surface area contributed by atoms with Gasteiger partial charge in [0.1, 0.15) is 0 Å². The van der Waals surface area contributed by atoms with E-state index in [0.717, 1.165) is 17.1 Å². The molecule has 0 atom stereocenters. The fraction of sp³-hybridized carbons (Fsp3) is 0.235. The summed E-state index contributed by atoms with van der Waals surface area (Å²) >= 11 is 3.56. The van der Waals surface area contributed by atoms with E-state index in [2.05, 4.69) is 38.1 Å². The number of hydrogen-bond acceptors (Lipinski definition) is 3. The topological polar surface area (TPSA) is 37.3 Å². The minimum absolute atomic E-state index is 0.910. The molecule has 0 bridgehead atoms. The van der Waals surface area contributed by atoms with Crippen molar-refractivity contribution in [2.75, 3.05) is 0 Å². The van der Waals surface area contributed by atoms with Crippen molar-refractivity contribution in [1.29, 1.82) is 0 Å². The van der Waals surface area contributed by atoms with Crippen molar-refractivity contribution in [3.05, 3.63) is 62.9 Å². The van der Waals surface area contributed by atoms with Crippen molar-refractivity contribution in [2.24, 2.45) is 0 Å². The van der Waals surface area contributed by atoms with Gasteiger partial charge in [-0.25, -0.2) is 4.79 Å². The van der Waals surface area contributed by atoms with E-state index in [4.69, 9.17) is 5.11 Å². The molecule has 0 saturated heterocycles. The average molecular weight is 318 g/mol. The van der Waals surface area contributed by atoms with Gasteiger partial charge in [0.15, 0.2) is 0 Å². The number of benzene rings is 1. The van der Waals surface area contributed by atoms with E-state index in [1.807, 2.05) is 17.1 Å². The van der Waals surface area contributed by atoms with Gasteiger partial charge in [-0.15, -0.1) is 11.3 Å². The molecule has 1 N–H and O–H groups in total. The Morgan fingerprint density at radius 2 is 1.90 bits per heavy atom. The maximum absolute atomic E-state index is 10.5. The molecule has 0 unspecified atom stereocenters. The Hall–Kier alpha value is -1.52. The lowest BCUT2D eigenvalue weighted by Crippen LogP contribution is -1.86. The molecule has 0 aliphatic heterocycles. The van der Waals surface area contributed by atoms with Crippen molar-refractivity contribution in [2.45, 2.75) is 25.4 Å². The van der Waals surface area contributed by atoms with Crippen LogP contribution in [0.15, 0.2) is 35.7 Å². The largest absolute Gasteiger partial charge is 0.478 e. The second kappa shape index (κ2) is 7.48. The zero-order valence-corrected chi connectivity index (χ0v) is 13.8. The number of hydrogen-bond donors (Lipinski definition) is 1. The van der Waals surface area contributed by atoms with Gasteiger partial charge in [0.25, 0.3) is 0 Å². The predicted octanol–water partition coefficient (Wildman–Crippen LogP) is 4.90. The third-order valence-corrected chi connectivity index (χ3v) is 5.08. The summed E-state index contributed by atoms with van der Waals surface area (Å²) in [7, 11) is 0. The first-order chi connectivity index (χ1) is 10.0. The van der Waals surface area contributed by atoms with Gasteiger partial charge < -0.3 is 5.11 Å². The number of thiophene rings is 1. The summed E-state index contributed by atoms with van der Waals surface area (Å²) < 4.78 is 0. The number of aliphatic carboxylic acids is 1. The van der Waals surface area contributed by atoms with Crippen LogP contribution in [-0.2, 0) is 16.3 Å². The summed E-state index contributed by atoms with van der Waals surface area (Å²) in [5.41, 5.74) is 4.94. The number of carboxylic acids is 1. The minimum atomic E-state index is -0.910. The first-order valence-corrected chi connectivity index (χ1v) is 8.70. The van der Waals surface area contributed by atoms with Crippen LogP contribution in [0.5, 0.6) is 0 Å². The van der Waals surface area contributed by atoms with Crippen LogP contribution >= 0.6 is 23.1 Å². The highest BCUT2D eigenvalue weighted by molar-refractivity contribution is 7.97. The Bertz CT molecular complexity index is 636. The summed E-state index contributed by atoms with van der Waals surface area (Å²) in [6.07, 6.45) is 2.81. The lowest BCUT2D eigenvalue weighted by atomic mass is 10.1. The van der Waals surface area contributed by atoms with Crippen molar-refractivity contribution in [1.82, 2.24) is 0 Å². The van der Waals surface area contributed by atoms with Crippen LogP contribution in [0.2, 0.25) is 0 Å². The smallest absolute Gasteiger partial charge is 0.328 e. The molecule has 2 aromatic rings. The number of carboxylic acid groups (broad SMARTS) is 1. The van der Waals surface area contributed by atoms with Crippen LogP contribution < -0.4 is 0 Å². The Morgan fingerprint density at radius 1 is 1.19 bits per heavy atom. The summed E-state index contributed by atoms with van der Waals surface area (Å²) in [6.45, 7) is 4.25. The molecule has 0 fully saturated rings. The predicted molar refractivity (Wildman–Crippen MR) is 91.9 cm³/mol. The molecule has 2 rings (SSSR count). The van der Waals surface area contributed by atoms with Gasteiger partial charge in [-0.05, 0) is 42.5 Å². The third kappa shape index (κ3) is 5.40. The molecule has 1 aromatic carbocycles. The second-order valence-corrected chi connectivity index (χ2v) is 6.99. The second-order valence-electron chi connectivity index (χ2n) is 5.01. The highest BCUT2D eigenvalue weighted by Gasteiger charge is 2.01. The lowest BCUT2D eigenvalue weighted by molar-refractivity contribution is -0.131. The van der Waals surface area contributed by atoms with E-state index in [0.29, 0.717) is 0 Å². The maximum atomic E-state index is 10.5. The summed E-state index contributed by atoms with van der Waals surface area (Å²) in [4.78, 5) is 11.7. The SMILES string of the molecule is Cc1cc(C)cc(CSCc2cc(/C=C/C(=O)O)cs2)c1. The minimum Gasteiger partial charge on any atom is -0.478 e. The summed E-state index contributed by atoms with van der Waals surface area (Å²) in [5.74, 6) is 1.05. The van der Waals surface area contributed by atoms with Crippen LogP contribution in [0.3, 0.4) is 0 Å². The molecule has 0 aliphatic carbocycles. The van der Waals surface area contributed by atoms with E-state index < -0.39 is 5.97 Å². The van der Waals surface area contributed by atoms with Crippen molar-refractivity contribution >= 4 is 35.1 Å². The Morgan fingerprint density at radius 3 is 2.57 bits per heavy atom. The lowest BCUT2D eigenvalue weighted by Gasteiger charge is -2.04. The number of thioether (sulfide) groups is 1. The first-order valence-electron chi connectivity index (χ1n) is 6.66. The van der Waals surface area contributed by atoms with Crippen LogP contribution in [0.25, 0.3) is 6.08 Å². The molecule has 110 valence electrons. The first kappa shape index (κ1) is 15.9. The molecule has 21 heavy (non-hydrogen) atoms. The van der Waals surface area contributed by atoms with Gasteiger partial charge in [-0.2, -0.15) is 11.8 Å². The molecule has 0 saturated carbocycles. The molecule has 0 amide bonds. The van der Waals surface area contributed by atoms with Gasteiger partial charge in [0, 0.05) is 22.5 Å². The number of aryl methyl sites for hydroxylation is 2. The molecule has 0 aliphatic rings. The fourth-order valence-corrected chi connectivity index (χ4v) is 4.10. The fourth-order valence-electron chi connectivity index (χ4n) is 2.15. The highest BCUT2D eigenvalue weighted by Crippen LogP contribution is 2.24.